The quantitative estimate of drug-likeness (QED) is 0.871. The largest absolute Gasteiger partial charge is 0.507 e. The Morgan fingerprint density at radius 3 is 2.63 bits per heavy atom. The Kier molecular flexibility index (Phi) is 3.80. The fraction of sp³-hybridized carbons (Fsp3) is 0.385. The molecule has 1 amide bonds. The first-order chi connectivity index (χ1) is 8.91. The average molecular weight is 328 g/mol. The number of carboxylic acid groups (broad SMARTS) is 1. The van der Waals surface area contributed by atoms with Crippen LogP contribution in [0.4, 0.5) is 0 Å². The molecule has 1 aromatic rings. The van der Waals surface area contributed by atoms with E-state index in [1.54, 1.807) is 24.0 Å². The molecule has 0 radical (unpaired) electrons. The highest BCUT2D eigenvalue weighted by Crippen LogP contribution is 2.29. The molecule has 2 rings (SSSR count). The van der Waals surface area contributed by atoms with Gasteiger partial charge in [-0.05, 0) is 47.5 Å². The van der Waals surface area contributed by atoms with E-state index in [1.165, 1.54) is 6.07 Å². The van der Waals surface area contributed by atoms with Crippen LogP contribution in [0.5, 0.6) is 5.75 Å². The molecule has 0 spiro atoms. The summed E-state index contributed by atoms with van der Waals surface area (Å²) >= 11 is 3.15. The van der Waals surface area contributed by atoms with Crippen molar-refractivity contribution in [1.29, 1.82) is 0 Å². The highest BCUT2D eigenvalue weighted by Gasteiger charge is 2.38. The number of halogens is 1. The van der Waals surface area contributed by atoms with Crippen LogP contribution in [0.1, 0.15) is 23.7 Å². The summed E-state index contributed by atoms with van der Waals surface area (Å²) in [7, 11) is 0. The summed E-state index contributed by atoms with van der Waals surface area (Å²) < 4.78 is 0.516. The topological polar surface area (TPSA) is 77.8 Å². The van der Waals surface area contributed by atoms with Crippen molar-refractivity contribution >= 4 is 27.8 Å². The van der Waals surface area contributed by atoms with Gasteiger partial charge in [-0.1, -0.05) is 0 Å². The number of phenols is 1. The molecule has 1 saturated heterocycles. The van der Waals surface area contributed by atoms with Crippen LogP contribution in [-0.4, -0.2) is 39.6 Å². The molecular formula is C13H14BrNO4. The van der Waals surface area contributed by atoms with Crippen molar-refractivity contribution in [1.82, 2.24) is 4.90 Å². The monoisotopic (exact) mass is 327 g/mol. The number of hydrogen-bond donors (Lipinski definition) is 2. The molecule has 1 heterocycles. The molecule has 2 N–H and O–H groups in total. The van der Waals surface area contributed by atoms with Crippen LogP contribution in [0.25, 0.3) is 0 Å². The maximum Gasteiger partial charge on any atom is 0.308 e. The molecule has 1 aliphatic heterocycles. The van der Waals surface area contributed by atoms with Crippen molar-refractivity contribution < 1.29 is 19.8 Å². The Balaban J connectivity index is 2.21. The molecule has 0 saturated carbocycles. The van der Waals surface area contributed by atoms with Crippen molar-refractivity contribution in [2.75, 3.05) is 6.54 Å². The van der Waals surface area contributed by atoms with Crippen molar-refractivity contribution in [3.8, 4) is 5.75 Å². The van der Waals surface area contributed by atoms with E-state index in [0.29, 0.717) is 23.0 Å². The number of aromatic hydroxyl groups is 1. The van der Waals surface area contributed by atoms with Crippen LogP contribution in [0.3, 0.4) is 0 Å². The Morgan fingerprint density at radius 1 is 1.42 bits per heavy atom. The summed E-state index contributed by atoms with van der Waals surface area (Å²) in [5, 5.41) is 18.6. The fourth-order valence-electron chi connectivity index (χ4n) is 2.37. The van der Waals surface area contributed by atoms with Gasteiger partial charge in [-0.25, -0.2) is 0 Å². The molecule has 19 heavy (non-hydrogen) atoms. The minimum atomic E-state index is -0.874. The zero-order chi connectivity index (χ0) is 14.2. The highest BCUT2D eigenvalue weighted by atomic mass is 79.9. The summed E-state index contributed by atoms with van der Waals surface area (Å²) in [4.78, 5) is 24.9. The van der Waals surface area contributed by atoms with Crippen molar-refractivity contribution in [2.45, 2.75) is 19.4 Å². The Labute approximate surface area is 119 Å². The number of benzene rings is 1. The molecule has 0 aliphatic carbocycles. The lowest BCUT2D eigenvalue weighted by Crippen LogP contribution is -2.37. The summed E-state index contributed by atoms with van der Waals surface area (Å²) in [6.07, 6.45) is 0.463. The number of phenolic OH excluding ortho intramolecular Hbond substituents is 1. The van der Waals surface area contributed by atoms with Gasteiger partial charge in [0.25, 0.3) is 5.91 Å². The lowest BCUT2D eigenvalue weighted by Gasteiger charge is -2.23. The van der Waals surface area contributed by atoms with Gasteiger partial charge in [0, 0.05) is 18.2 Å². The number of likely N-dealkylation sites (tertiary alicyclic amines) is 1. The van der Waals surface area contributed by atoms with Gasteiger partial charge < -0.3 is 15.1 Å². The third-order valence-electron chi connectivity index (χ3n) is 3.53. The first-order valence-corrected chi connectivity index (χ1v) is 6.73. The lowest BCUT2D eigenvalue weighted by molar-refractivity contribution is -0.142. The van der Waals surface area contributed by atoms with E-state index in [9.17, 15) is 14.7 Å². The number of amides is 1. The number of carboxylic acids is 1. The van der Waals surface area contributed by atoms with Crippen LogP contribution < -0.4 is 0 Å². The molecule has 102 valence electrons. The van der Waals surface area contributed by atoms with Gasteiger partial charge in [0.15, 0.2) is 0 Å². The van der Waals surface area contributed by atoms with Gasteiger partial charge >= 0.3 is 5.97 Å². The molecule has 2 atom stereocenters. The van der Waals surface area contributed by atoms with E-state index >= 15 is 0 Å². The second-order valence-electron chi connectivity index (χ2n) is 4.64. The van der Waals surface area contributed by atoms with Gasteiger partial charge in [0.2, 0.25) is 0 Å². The number of hydrogen-bond acceptors (Lipinski definition) is 3. The van der Waals surface area contributed by atoms with Gasteiger partial charge in [-0.15, -0.1) is 0 Å². The van der Waals surface area contributed by atoms with Gasteiger partial charge in [-0.2, -0.15) is 0 Å². The predicted molar refractivity (Wildman–Crippen MR) is 72.0 cm³/mol. The maximum absolute atomic E-state index is 12.3. The molecule has 0 bridgehead atoms. The minimum Gasteiger partial charge on any atom is -0.507 e. The molecule has 1 fully saturated rings. The molecule has 1 aliphatic rings. The van der Waals surface area contributed by atoms with Gasteiger partial charge in [0.05, 0.1) is 10.4 Å². The van der Waals surface area contributed by atoms with Crippen LogP contribution in [0.15, 0.2) is 22.7 Å². The van der Waals surface area contributed by atoms with Crippen molar-refractivity contribution in [3.63, 3.8) is 0 Å². The Hall–Kier alpha value is -1.56. The Bertz CT molecular complexity index is 531. The maximum atomic E-state index is 12.3. The van der Waals surface area contributed by atoms with E-state index in [0.717, 1.165) is 0 Å². The molecule has 5 nitrogen and oxygen atoms in total. The molecule has 6 heteroatoms. The van der Waals surface area contributed by atoms with Crippen molar-refractivity contribution in [2.24, 2.45) is 5.92 Å². The first-order valence-electron chi connectivity index (χ1n) is 5.94. The lowest BCUT2D eigenvalue weighted by atomic mass is 10.0. The van der Waals surface area contributed by atoms with E-state index in [4.69, 9.17) is 5.11 Å². The number of nitrogens with zero attached hydrogens (tertiary/aromatic N) is 1. The zero-order valence-electron chi connectivity index (χ0n) is 10.3. The standard InChI is InChI=1S/C13H14BrNO4/c1-7-9(13(18)19)4-5-15(7)12(17)8-2-3-10(14)11(16)6-8/h2-3,6-7,9,16H,4-5H2,1H3,(H,18,19). The number of carbonyl (C=O) groups is 2. The van der Waals surface area contributed by atoms with E-state index in [2.05, 4.69) is 15.9 Å². The van der Waals surface area contributed by atoms with E-state index < -0.39 is 11.9 Å². The van der Waals surface area contributed by atoms with Crippen molar-refractivity contribution in [3.05, 3.63) is 28.2 Å². The third-order valence-corrected chi connectivity index (χ3v) is 4.20. The Morgan fingerprint density at radius 2 is 2.11 bits per heavy atom. The predicted octanol–water partition coefficient (Wildman–Crippen LogP) is 2.09. The number of carbonyl (C=O) groups excluding carboxylic acids is 1. The summed E-state index contributed by atoms with van der Waals surface area (Å²) in [5.74, 6) is -1.65. The SMILES string of the molecule is CC1C(C(=O)O)CCN1C(=O)c1ccc(Br)c(O)c1. The van der Waals surface area contributed by atoms with Gasteiger partial charge in [0.1, 0.15) is 5.75 Å². The second-order valence-corrected chi connectivity index (χ2v) is 5.49. The third kappa shape index (κ3) is 2.58. The van der Waals surface area contributed by atoms with Gasteiger partial charge in [-0.3, -0.25) is 9.59 Å². The normalized spacial score (nSPS) is 22.5. The molecule has 2 unspecified atom stereocenters. The molecular weight excluding hydrogens is 314 g/mol. The highest BCUT2D eigenvalue weighted by molar-refractivity contribution is 9.10. The molecule has 1 aromatic carbocycles. The van der Waals surface area contributed by atoms with E-state index in [-0.39, 0.29) is 17.7 Å². The van der Waals surface area contributed by atoms with Crippen LogP contribution >= 0.6 is 15.9 Å². The summed E-state index contributed by atoms with van der Waals surface area (Å²) in [6, 6.07) is 4.24. The van der Waals surface area contributed by atoms with Crippen LogP contribution in [-0.2, 0) is 4.79 Å². The summed E-state index contributed by atoms with van der Waals surface area (Å²) in [5.41, 5.74) is 0.360. The second kappa shape index (κ2) is 5.21. The van der Waals surface area contributed by atoms with E-state index in [1.807, 2.05) is 0 Å². The average Bonchev–Trinajstić information content (AvgIpc) is 2.74. The minimum absolute atomic E-state index is 0.00696. The number of rotatable bonds is 2. The molecule has 0 aromatic heterocycles. The first kappa shape index (κ1) is 13.9. The summed E-state index contributed by atoms with van der Waals surface area (Å²) in [6.45, 7) is 2.16. The smallest absolute Gasteiger partial charge is 0.308 e. The van der Waals surface area contributed by atoms with Crippen LogP contribution in [0.2, 0.25) is 0 Å². The number of aliphatic carboxylic acids is 1. The fourth-order valence-corrected chi connectivity index (χ4v) is 2.61. The zero-order valence-corrected chi connectivity index (χ0v) is 11.9. The van der Waals surface area contributed by atoms with Crippen LogP contribution in [0, 0.1) is 5.92 Å².